The molecular formula is C20H24N2O3. The van der Waals surface area contributed by atoms with Crippen LogP contribution in [-0.4, -0.2) is 39.1 Å². The highest BCUT2D eigenvalue weighted by molar-refractivity contribution is 5.95. The van der Waals surface area contributed by atoms with Gasteiger partial charge in [-0.05, 0) is 51.0 Å². The van der Waals surface area contributed by atoms with Gasteiger partial charge in [-0.1, -0.05) is 12.1 Å². The molecule has 0 saturated carbocycles. The molecule has 1 aliphatic heterocycles. The monoisotopic (exact) mass is 340 g/mol. The third kappa shape index (κ3) is 4.17. The van der Waals surface area contributed by atoms with Crippen LogP contribution < -0.4 is 4.74 Å². The van der Waals surface area contributed by atoms with Crippen molar-refractivity contribution in [3.63, 3.8) is 0 Å². The Bertz CT molecular complexity index is 725. The lowest BCUT2D eigenvalue weighted by Crippen LogP contribution is -2.48. The average molecular weight is 340 g/mol. The molecule has 0 spiro atoms. The maximum Gasteiger partial charge on any atom is 0.254 e. The smallest absolute Gasteiger partial charge is 0.254 e. The van der Waals surface area contributed by atoms with Gasteiger partial charge in [-0.25, -0.2) is 0 Å². The second-order valence-corrected chi connectivity index (χ2v) is 6.99. The van der Waals surface area contributed by atoms with Gasteiger partial charge in [-0.2, -0.15) is 0 Å². The van der Waals surface area contributed by atoms with Crippen molar-refractivity contribution in [2.75, 3.05) is 6.54 Å². The number of aromatic nitrogens is 1. The minimum Gasteiger partial charge on any atom is -0.489 e. The van der Waals surface area contributed by atoms with Gasteiger partial charge in [-0.15, -0.1) is 0 Å². The number of aliphatic hydroxyl groups is 1. The minimum absolute atomic E-state index is 0.0588. The Balaban J connectivity index is 1.71. The van der Waals surface area contributed by atoms with Crippen molar-refractivity contribution in [2.45, 2.75) is 44.9 Å². The van der Waals surface area contributed by atoms with E-state index in [4.69, 9.17) is 4.74 Å². The summed E-state index contributed by atoms with van der Waals surface area (Å²) in [5.41, 5.74) is 0.654. The van der Waals surface area contributed by atoms with Crippen LogP contribution in [0.4, 0.5) is 0 Å². The number of nitrogens with zero attached hydrogens (tertiary/aromatic N) is 2. The van der Waals surface area contributed by atoms with Gasteiger partial charge in [0.1, 0.15) is 12.4 Å². The molecule has 2 heterocycles. The first-order chi connectivity index (χ1) is 11.9. The van der Waals surface area contributed by atoms with Crippen LogP contribution in [0.3, 0.4) is 0 Å². The molecule has 132 valence electrons. The van der Waals surface area contributed by atoms with Crippen molar-refractivity contribution in [2.24, 2.45) is 0 Å². The molecule has 1 saturated heterocycles. The van der Waals surface area contributed by atoms with Gasteiger partial charge in [0, 0.05) is 30.1 Å². The molecule has 3 rings (SSSR count). The number of ether oxygens (including phenoxy) is 1. The molecular weight excluding hydrogens is 316 g/mol. The van der Waals surface area contributed by atoms with Crippen molar-refractivity contribution >= 4 is 5.91 Å². The third-order valence-corrected chi connectivity index (χ3v) is 4.54. The lowest BCUT2D eigenvalue weighted by molar-refractivity contribution is 0.000326. The number of carbonyl (C=O) groups excluding carboxylic acids is 1. The van der Waals surface area contributed by atoms with Crippen molar-refractivity contribution < 1.29 is 14.6 Å². The topological polar surface area (TPSA) is 62.7 Å². The van der Waals surface area contributed by atoms with E-state index in [9.17, 15) is 9.90 Å². The van der Waals surface area contributed by atoms with E-state index in [1.807, 2.05) is 24.3 Å². The molecule has 5 heteroatoms. The Kier molecular flexibility index (Phi) is 5.04. The predicted molar refractivity (Wildman–Crippen MR) is 95.4 cm³/mol. The fourth-order valence-corrected chi connectivity index (χ4v) is 3.28. The molecule has 0 bridgehead atoms. The van der Waals surface area contributed by atoms with Crippen LogP contribution in [0.1, 0.15) is 42.6 Å². The van der Waals surface area contributed by atoms with Gasteiger partial charge < -0.3 is 14.7 Å². The standard InChI is InChI=1S/C20H24N2O3/c1-20(2,24)18-9-5-11-22(18)19(23)16-7-3-8-17(12-16)25-14-15-6-4-10-21-13-15/h3-4,6-8,10,12-13,18,24H,5,9,11,14H2,1-2H3. The molecule has 1 fully saturated rings. The largest absolute Gasteiger partial charge is 0.489 e. The van der Waals surface area contributed by atoms with E-state index in [-0.39, 0.29) is 11.9 Å². The molecule has 2 aromatic rings. The van der Waals surface area contributed by atoms with Crippen LogP contribution in [-0.2, 0) is 6.61 Å². The molecule has 1 aromatic heterocycles. The summed E-state index contributed by atoms with van der Waals surface area (Å²) in [5, 5.41) is 10.3. The van der Waals surface area contributed by atoms with E-state index in [2.05, 4.69) is 4.98 Å². The number of benzene rings is 1. The zero-order chi connectivity index (χ0) is 17.9. The Morgan fingerprint density at radius 1 is 1.36 bits per heavy atom. The number of rotatable bonds is 5. The lowest BCUT2D eigenvalue weighted by atomic mass is 9.96. The van der Waals surface area contributed by atoms with E-state index in [0.29, 0.717) is 24.5 Å². The quantitative estimate of drug-likeness (QED) is 0.909. The Morgan fingerprint density at radius 2 is 2.20 bits per heavy atom. The highest BCUT2D eigenvalue weighted by Crippen LogP contribution is 2.29. The molecule has 1 aromatic carbocycles. The summed E-state index contributed by atoms with van der Waals surface area (Å²) in [6.07, 6.45) is 5.22. The lowest BCUT2D eigenvalue weighted by Gasteiger charge is -2.33. The summed E-state index contributed by atoms with van der Waals surface area (Å²) in [5.74, 6) is 0.588. The average Bonchev–Trinajstić information content (AvgIpc) is 3.11. The Morgan fingerprint density at radius 3 is 2.92 bits per heavy atom. The van der Waals surface area contributed by atoms with E-state index in [0.717, 1.165) is 18.4 Å². The Labute approximate surface area is 148 Å². The first-order valence-electron chi connectivity index (χ1n) is 8.60. The Hall–Kier alpha value is -2.40. The van der Waals surface area contributed by atoms with E-state index in [1.165, 1.54) is 0 Å². The molecule has 25 heavy (non-hydrogen) atoms. The maximum absolute atomic E-state index is 12.9. The highest BCUT2D eigenvalue weighted by Gasteiger charge is 2.38. The van der Waals surface area contributed by atoms with Gasteiger partial charge in [0.15, 0.2) is 0 Å². The van der Waals surface area contributed by atoms with Crippen molar-refractivity contribution in [1.82, 2.24) is 9.88 Å². The summed E-state index contributed by atoms with van der Waals surface area (Å²) >= 11 is 0. The minimum atomic E-state index is -0.902. The van der Waals surface area contributed by atoms with Crippen LogP contribution in [0.5, 0.6) is 5.75 Å². The first kappa shape index (κ1) is 17.4. The maximum atomic E-state index is 12.9. The van der Waals surface area contributed by atoms with Crippen LogP contribution in [0.2, 0.25) is 0 Å². The summed E-state index contributed by atoms with van der Waals surface area (Å²) < 4.78 is 5.78. The normalized spacial score (nSPS) is 17.6. The van der Waals surface area contributed by atoms with Gasteiger partial charge in [0.2, 0.25) is 0 Å². The third-order valence-electron chi connectivity index (χ3n) is 4.54. The molecule has 1 amide bonds. The van der Waals surface area contributed by atoms with Gasteiger partial charge in [0.25, 0.3) is 5.91 Å². The fourth-order valence-electron chi connectivity index (χ4n) is 3.28. The van der Waals surface area contributed by atoms with Crippen molar-refractivity contribution in [3.05, 3.63) is 59.9 Å². The molecule has 0 aliphatic carbocycles. The number of likely N-dealkylation sites (tertiary alicyclic amines) is 1. The molecule has 1 atom stereocenters. The van der Waals surface area contributed by atoms with E-state index in [1.54, 1.807) is 43.3 Å². The van der Waals surface area contributed by atoms with Gasteiger partial charge in [0.05, 0.1) is 11.6 Å². The summed E-state index contributed by atoms with van der Waals surface area (Å²) in [6, 6.07) is 10.9. The number of carbonyl (C=O) groups is 1. The fraction of sp³-hybridized carbons (Fsp3) is 0.400. The van der Waals surface area contributed by atoms with Crippen LogP contribution in [0, 0.1) is 0 Å². The molecule has 1 aliphatic rings. The second kappa shape index (κ2) is 7.23. The second-order valence-electron chi connectivity index (χ2n) is 6.99. The summed E-state index contributed by atoms with van der Waals surface area (Å²) in [6.45, 7) is 4.60. The number of hydrogen-bond donors (Lipinski definition) is 1. The van der Waals surface area contributed by atoms with E-state index < -0.39 is 5.60 Å². The summed E-state index contributed by atoms with van der Waals surface area (Å²) in [4.78, 5) is 18.7. The summed E-state index contributed by atoms with van der Waals surface area (Å²) in [7, 11) is 0. The predicted octanol–water partition coefficient (Wildman–Crippen LogP) is 3.04. The van der Waals surface area contributed by atoms with Crippen LogP contribution in [0.15, 0.2) is 48.8 Å². The zero-order valence-electron chi connectivity index (χ0n) is 14.7. The highest BCUT2D eigenvalue weighted by atomic mass is 16.5. The van der Waals surface area contributed by atoms with Crippen LogP contribution in [0.25, 0.3) is 0 Å². The van der Waals surface area contributed by atoms with Crippen molar-refractivity contribution in [3.8, 4) is 5.75 Å². The molecule has 1 N–H and O–H groups in total. The van der Waals surface area contributed by atoms with Crippen LogP contribution >= 0.6 is 0 Å². The SMILES string of the molecule is CC(C)(O)C1CCCN1C(=O)c1cccc(OCc2cccnc2)c1. The number of hydrogen-bond acceptors (Lipinski definition) is 4. The first-order valence-corrected chi connectivity index (χ1v) is 8.60. The van der Waals surface area contributed by atoms with Gasteiger partial charge >= 0.3 is 0 Å². The number of amides is 1. The molecule has 0 radical (unpaired) electrons. The van der Waals surface area contributed by atoms with Gasteiger partial charge in [-0.3, -0.25) is 9.78 Å². The zero-order valence-corrected chi connectivity index (χ0v) is 14.7. The molecule has 5 nitrogen and oxygen atoms in total. The molecule has 1 unspecified atom stereocenters. The number of pyridine rings is 1. The van der Waals surface area contributed by atoms with Crippen molar-refractivity contribution in [1.29, 1.82) is 0 Å². The van der Waals surface area contributed by atoms with E-state index >= 15 is 0 Å².